The van der Waals surface area contributed by atoms with E-state index in [1.54, 1.807) is 6.07 Å². The zero-order chi connectivity index (χ0) is 27.6. The van der Waals surface area contributed by atoms with Gasteiger partial charge in [-0.2, -0.15) is 4.31 Å². The van der Waals surface area contributed by atoms with Gasteiger partial charge in [-0.05, 0) is 62.1 Å². The Bertz CT molecular complexity index is 1320. The van der Waals surface area contributed by atoms with E-state index in [-0.39, 0.29) is 45.7 Å². The normalized spacial score (nSPS) is 22.2. The molecule has 1 aliphatic carbocycles. The van der Waals surface area contributed by atoms with E-state index in [4.69, 9.17) is 38.4 Å². The summed E-state index contributed by atoms with van der Waals surface area (Å²) in [5, 5.41) is 3.20. The first kappa shape index (κ1) is 28.4. The van der Waals surface area contributed by atoms with E-state index in [1.807, 2.05) is 0 Å². The smallest absolute Gasteiger partial charge is 0.259 e. The fourth-order valence-electron chi connectivity index (χ4n) is 4.79. The van der Waals surface area contributed by atoms with Crippen LogP contribution in [-0.2, 0) is 14.8 Å². The molecule has 1 unspecified atom stereocenters. The molecule has 10 nitrogen and oxygen atoms in total. The minimum Gasteiger partial charge on any atom is -0.493 e. The number of sulfonamides is 1. The summed E-state index contributed by atoms with van der Waals surface area (Å²) in [6, 6.07) is 8.44. The second-order valence-electron chi connectivity index (χ2n) is 9.25. The largest absolute Gasteiger partial charge is 0.493 e. The Morgan fingerprint density at radius 3 is 2.26 bits per heavy atom. The topological polar surface area (TPSA) is 131 Å². The van der Waals surface area contributed by atoms with Crippen LogP contribution in [0.25, 0.3) is 0 Å². The number of methoxy groups -OCH3 is 2. The molecule has 1 atom stereocenters. The third kappa shape index (κ3) is 5.72. The predicted octanol–water partition coefficient (Wildman–Crippen LogP) is 2.87. The van der Waals surface area contributed by atoms with Crippen molar-refractivity contribution in [1.29, 1.82) is 0 Å². The molecule has 0 radical (unpaired) electrons. The second kappa shape index (κ2) is 11.7. The standard InChI is InChI=1S/C25H30Cl2N4O6S/c1-36-21-10-3-15(13-22(21)37-2)25(33)30-11-12-31(38(34,35)18-8-9-19(26)20(27)14-18)24(30)23(32)29-17-6-4-16(28)5-7-17/h3,8-10,13-14,16-17,24H,4-7,11-12,28H2,1-2H3,(H,29,32). The molecule has 3 N–H and O–H groups in total. The van der Waals surface area contributed by atoms with Crippen LogP contribution < -0.4 is 20.5 Å². The van der Waals surface area contributed by atoms with Crippen molar-refractivity contribution >= 4 is 45.0 Å². The van der Waals surface area contributed by atoms with Crippen LogP contribution in [0.4, 0.5) is 0 Å². The maximum Gasteiger partial charge on any atom is 0.259 e. The average Bonchev–Trinajstić information content (AvgIpc) is 3.37. The molecule has 2 aliphatic rings. The SMILES string of the molecule is COc1ccc(C(=O)N2CCN(S(=O)(=O)c3ccc(Cl)c(Cl)c3)C2C(=O)NC2CCC(N)CC2)cc1OC. The first-order chi connectivity index (χ1) is 18.1. The molecule has 38 heavy (non-hydrogen) atoms. The van der Waals surface area contributed by atoms with Crippen LogP contribution in [0.3, 0.4) is 0 Å². The number of nitrogens with two attached hydrogens (primary N) is 1. The molecule has 1 aliphatic heterocycles. The quantitative estimate of drug-likeness (QED) is 0.511. The molecule has 0 spiro atoms. The molecule has 1 saturated heterocycles. The Kier molecular flexibility index (Phi) is 8.73. The molecule has 206 valence electrons. The number of rotatable bonds is 7. The number of hydrogen-bond donors (Lipinski definition) is 2. The van der Waals surface area contributed by atoms with E-state index >= 15 is 0 Å². The lowest BCUT2D eigenvalue weighted by Crippen LogP contribution is -2.56. The molecule has 2 fully saturated rings. The molecule has 1 heterocycles. The number of hydrogen-bond acceptors (Lipinski definition) is 7. The monoisotopic (exact) mass is 584 g/mol. The van der Waals surface area contributed by atoms with Crippen LogP contribution >= 0.6 is 23.2 Å². The molecule has 13 heteroatoms. The zero-order valence-electron chi connectivity index (χ0n) is 21.0. The number of benzene rings is 2. The van der Waals surface area contributed by atoms with Crippen LogP contribution in [0.15, 0.2) is 41.3 Å². The summed E-state index contributed by atoms with van der Waals surface area (Å²) in [5.74, 6) is -0.347. The van der Waals surface area contributed by atoms with Crippen molar-refractivity contribution in [3.8, 4) is 11.5 Å². The molecule has 2 amide bonds. The molecular weight excluding hydrogens is 555 g/mol. The molecule has 2 aromatic rings. The average molecular weight is 586 g/mol. The summed E-state index contributed by atoms with van der Waals surface area (Å²) >= 11 is 12.1. The Hall–Kier alpha value is -2.57. The lowest BCUT2D eigenvalue weighted by molar-refractivity contribution is -0.128. The molecule has 1 saturated carbocycles. The van der Waals surface area contributed by atoms with Gasteiger partial charge in [0, 0.05) is 30.7 Å². The van der Waals surface area contributed by atoms with Gasteiger partial charge in [0.25, 0.3) is 11.8 Å². The third-order valence-electron chi connectivity index (χ3n) is 6.87. The highest BCUT2D eigenvalue weighted by atomic mass is 35.5. The Morgan fingerprint density at radius 1 is 0.947 bits per heavy atom. The molecule has 0 aromatic heterocycles. The molecule has 0 bridgehead atoms. The highest BCUT2D eigenvalue weighted by Crippen LogP contribution is 2.32. The summed E-state index contributed by atoms with van der Waals surface area (Å²) < 4.78 is 39.0. The van der Waals surface area contributed by atoms with Crippen LogP contribution in [-0.4, -0.2) is 75.0 Å². The summed E-state index contributed by atoms with van der Waals surface area (Å²) in [6.07, 6.45) is 1.42. The van der Waals surface area contributed by atoms with Gasteiger partial charge in [-0.3, -0.25) is 9.59 Å². The minimum atomic E-state index is -4.22. The molecule has 4 rings (SSSR count). The van der Waals surface area contributed by atoms with Crippen molar-refractivity contribution in [2.45, 2.75) is 48.8 Å². The lowest BCUT2D eigenvalue weighted by Gasteiger charge is -2.32. The van der Waals surface area contributed by atoms with Crippen LogP contribution in [0.1, 0.15) is 36.0 Å². The summed E-state index contributed by atoms with van der Waals surface area (Å²) in [6.45, 7) is -0.0867. The number of amides is 2. The number of halogens is 2. The highest BCUT2D eigenvalue weighted by molar-refractivity contribution is 7.89. The first-order valence-corrected chi connectivity index (χ1v) is 14.3. The van der Waals surface area contributed by atoms with Crippen molar-refractivity contribution < 1.29 is 27.5 Å². The van der Waals surface area contributed by atoms with Crippen molar-refractivity contribution in [3.63, 3.8) is 0 Å². The fourth-order valence-corrected chi connectivity index (χ4v) is 6.72. The van der Waals surface area contributed by atoms with E-state index in [9.17, 15) is 18.0 Å². The Morgan fingerprint density at radius 2 is 1.63 bits per heavy atom. The summed E-state index contributed by atoms with van der Waals surface area (Å²) in [7, 11) is -1.30. The number of nitrogens with zero attached hydrogens (tertiary/aromatic N) is 2. The van der Waals surface area contributed by atoms with Crippen molar-refractivity contribution in [2.24, 2.45) is 5.73 Å². The van der Waals surface area contributed by atoms with Crippen molar-refractivity contribution in [3.05, 3.63) is 52.0 Å². The van der Waals surface area contributed by atoms with Crippen LogP contribution in [0, 0.1) is 0 Å². The number of carbonyl (C=O) groups excluding carboxylic acids is 2. The van der Waals surface area contributed by atoms with Crippen LogP contribution in [0.2, 0.25) is 10.0 Å². The van der Waals surface area contributed by atoms with Crippen LogP contribution in [0.5, 0.6) is 11.5 Å². The van der Waals surface area contributed by atoms with E-state index in [2.05, 4.69) is 5.32 Å². The van der Waals surface area contributed by atoms with Gasteiger partial charge in [-0.25, -0.2) is 8.42 Å². The van der Waals surface area contributed by atoms with E-state index in [0.29, 0.717) is 24.3 Å². The second-order valence-corrected chi connectivity index (χ2v) is 12.0. The molecular formula is C25H30Cl2N4O6S. The van der Waals surface area contributed by atoms with Gasteiger partial charge in [-0.1, -0.05) is 23.2 Å². The predicted molar refractivity (Wildman–Crippen MR) is 143 cm³/mol. The highest BCUT2D eigenvalue weighted by Gasteiger charge is 2.47. The van der Waals surface area contributed by atoms with Gasteiger partial charge >= 0.3 is 0 Å². The van der Waals surface area contributed by atoms with Crippen molar-refractivity contribution in [1.82, 2.24) is 14.5 Å². The first-order valence-electron chi connectivity index (χ1n) is 12.1. The van der Waals surface area contributed by atoms with Gasteiger partial charge in [0.1, 0.15) is 0 Å². The van der Waals surface area contributed by atoms with Gasteiger partial charge in [0.2, 0.25) is 10.0 Å². The number of ether oxygens (including phenoxy) is 2. The summed E-state index contributed by atoms with van der Waals surface area (Å²) in [5.41, 5.74) is 6.21. The van der Waals surface area contributed by atoms with E-state index < -0.39 is 28.0 Å². The van der Waals surface area contributed by atoms with E-state index in [0.717, 1.165) is 17.1 Å². The summed E-state index contributed by atoms with van der Waals surface area (Å²) in [4.78, 5) is 28.4. The van der Waals surface area contributed by atoms with Gasteiger partial charge in [0.15, 0.2) is 17.7 Å². The Balaban J connectivity index is 1.69. The van der Waals surface area contributed by atoms with Gasteiger partial charge < -0.3 is 25.4 Å². The number of nitrogens with one attached hydrogen (secondary N) is 1. The maximum atomic E-state index is 13.7. The lowest BCUT2D eigenvalue weighted by atomic mass is 9.92. The fraction of sp³-hybridized carbons (Fsp3) is 0.440. The Labute approximate surface area is 232 Å². The van der Waals surface area contributed by atoms with E-state index in [1.165, 1.54) is 49.5 Å². The third-order valence-corrected chi connectivity index (χ3v) is 9.46. The molecule has 2 aromatic carbocycles. The number of carbonyl (C=O) groups is 2. The zero-order valence-corrected chi connectivity index (χ0v) is 23.4. The maximum absolute atomic E-state index is 13.7. The minimum absolute atomic E-state index is 0.00135. The van der Waals surface area contributed by atoms with Crippen molar-refractivity contribution in [2.75, 3.05) is 27.3 Å². The van der Waals surface area contributed by atoms with Gasteiger partial charge in [0.05, 0.1) is 29.2 Å². The van der Waals surface area contributed by atoms with Gasteiger partial charge in [-0.15, -0.1) is 0 Å².